The normalized spacial score (nSPS) is 18.6. The number of aromatic nitrogens is 2. The Morgan fingerprint density at radius 3 is 2.67 bits per heavy atom. The van der Waals surface area contributed by atoms with Crippen LogP contribution >= 0.6 is 0 Å². The lowest BCUT2D eigenvalue weighted by Crippen LogP contribution is -2.34. The van der Waals surface area contributed by atoms with Crippen molar-refractivity contribution in [3.05, 3.63) is 22.4 Å². The van der Waals surface area contributed by atoms with E-state index in [2.05, 4.69) is 24.1 Å². The van der Waals surface area contributed by atoms with Gasteiger partial charge >= 0.3 is 5.69 Å². The SMILES string of the molecule is CC(C)c1c[nH]c(=O)n1C1CCNCC1. The lowest BCUT2D eigenvalue weighted by atomic mass is 10.0. The Labute approximate surface area is 89.7 Å². The molecule has 0 atom stereocenters. The van der Waals surface area contributed by atoms with E-state index in [9.17, 15) is 4.79 Å². The summed E-state index contributed by atoms with van der Waals surface area (Å²) in [6.07, 6.45) is 3.96. The third-order valence-corrected chi connectivity index (χ3v) is 3.11. The maximum absolute atomic E-state index is 11.7. The fourth-order valence-corrected chi connectivity index (χ4v) is 2.28. The molecular formula is C11H19N3O. The number of nitrogens with one attached hydrogen (secondary N) is 2. The van der Waals surface area contributed by atoms with E-state index in [4.69, 9.17) is 0 Å². The fourth-order valence-electron chi connectivity index (χ4n) is 2.28. The summed E-state index contributed by atoms with van der Waals surface area (Å²) in [4.78, 5) is 14.5. The van der Waals surface area contributed by atoms with E-state index in [0.717, 1.165) is 31.6 Å². The summed E-state index contributed by atoms with van der Waals surface area (Å²) >= 11 is 0. The number of nitrogens with zero attached hydrogens (tertiary/aromatic N) is 1. The van der Waals surface area contributed by atoms with Gasteiger partial charge < -0.3 is 10.3 Å². The minimum Gasteiger partial charge on any atom is -0.317 e. The van der Waals surface area contributed by atoms with Crippen molar-refractivity contribution in [2.24, 2.45) is 0 Å². The minimum absolute atomic E-state index is 0.0469. The Morgan fingerprint density at radius 1 is 1.40 bits per heavy atom. The molecule has 0 amide bonds. The van der Waals surface area contributed by atoms with Crippen LogP contribution in [0.4, 0.5) is 0 Å². The molecule has 1 fully saturated rings. The molecule has 2 rings (SSSR count). The molecule has 0 radical (unpaired) electrons. The standard InChI is InChI=1S/C11H19N3O/c1-8(2)10-7-13-11(15)14(10)9-3-5-12-6-4-9/h7-9,12H,3-6H2,1-2H3,(H,13,15). The zero-order chi connectivity index (χ0) is 10.8. The molecule has 1 aromatic heterocycles. The third-order valence-electron chi connectivity index (χ3n) is 3.11. The van der Waals surface area contributed by atoms with Crippen molar-refractivity contribution >= 4 is 0 Å². The van der Waals surface area contributed by atoms with E-state index in [1.807, 2.05) is 10.8 Å². The van der Waals surface area contributed by atoms with Gasteiger partial charge in [0.15, 0.2) is 0 Å². The van der Waals surface area contributed by atoms with Gasteiger partial charge in [-0.15, -0.1) is 0 Å². The first-order valence-corrected chi connectivity index (χ1v) is 5.70. The highest BCUT2D eigenvalue weighted by molar-refractivity contribution is 5.06. The van der Waals surface area contributed by atoms with Crippen LogP contribution in [0.1, 0.15) is 44.3 Å². The van der Waals surface area contributed by atoms with Gasteiger partial charge in [0.1, 0.15) is 0 Å². The number of imidazole rings is 1. The van der Waals surface area contributed by atoms with E-state index in [1.54, 1.807) is 0 Å². The van der Waals surface area contributed by atoms with E-state index in [1.165, 1.54) is 0 Å². The smallest absolute Gasteiger partial charge is 0.317 e. The zero-order valence-electron chi connectivity index (χ0n) is 9.42. The topological polar surface area (TPSA) is 49.8 Å². The first kappa shape index (κ1) is 10.5. The average molecular weight is 209 g/mol. The van der Waals surface area contributed by atoms with Crippen molar-refractivity contribution in [1.29, 1.82) is 0 Å². The molecule has 1 aromatic rings. The maximum atomic E-state index is 11.7. The molecule has 0 aliphatic carbocycles. The molecule has 0 bridgehead atoms. The molecule has 1 aliphatic heterocycles. The van der Waals surface area contributed by atoms with Crippen LogP contribution in [0.2, 0.25) is 0 Å². The van der Waals surface area contributed by atoms with E-state index >= 15 is 0 Å². The minimum atomic E-state index is 0.0469. The van der Waals surface area contributed by atoms with E-state index in [0.29, 0.717) is 12.0 Å². The largest absolute Gasteiger partial charge is 0.325 e. The third kappa shape index (κ3) is 2.00. The van der Waals surface area contributed by atoms with Crippen LogP contribution in [0.3, 0.4) is 0 Å². The van der Waals surface area contributed by atoms with Gasteiger partial charge in [-0.25, -0.2) is 4.79 Å². The summed E-state index contributed by atoms with van der Waals surface area (Å²) in [5.41, 5.74) is 1.18. The van der Waals surface area contributed by atoms with Gasteiger partial charge in [-0.3, -0.25) is 4.57 Å². The quantitative estimate of drug-likeness (QED) is 0.769. The molecule has 4 heteroatoms. The molecule has 0 saturated carbocycles. The van der Waals surface area contributed by atoms with Crippen LogP contribution < -0.4 is 11.0 Å². The summed E-state index contributed by atoms with van der Waals surface area (Å²) in [7, 11) is 0. The molecule has 15 heavy (non-hydrogen) atoms. The number of H-pyrrole nitrogens is 1. The van der Waals surface area contributed by atoms with Crippen molar-refractivity contribution in [2.45, 2.75) is 38.6 Å². The highest BCUT2D eigenvalue weighted by Gasteiger charge is 2.20. The molecule has 2 N–H and O–H groups in total. The average Bonchev–Trinajstić information content (AvgIpc) is 2.61. The van der Waals surface area contributed by atoms with Gasteiger partial charge in [-0.05, 0) is 31.8 Å². The van der Waals surface area contributed by atoms with Crippen molar-refractivity contribution in [2.75, 3.05) is 13.1 Å². The number of aromatic amines is 1. The van der Waals surface area contributed by atoms with Crippen LogP contribution in [0, 0.1) is 0 Å². The second kappa shape index (κ2) is 4.23. The number of hydrogen-bond donors (Lipinski definition) is 2. The van der Waals surface area contributed by atoms with Gasteiger partial charge in [0.25, 0.3) is 0 Å². The highest BCUT2D eigenvalue weighted by Crippen LogP contribution is 2.22. The lowest BCUT2D eigenvalue weighted by molar-refractivity contribution is 0.352. The molecule has 1 saturated heterocycles. The Balaban J connectivity index is 2.32. The Morgan fingerprint density at radius 2 is 2.07 bits per heavy atom. The van der Waals surface area contributed by atoms with Gasteiger partial charge in [-0.2, -0.15) is 0 Å². The molecule has 84 valence electrons. The summed E-state index contributed by atoms with van der Waals surface area (Å²) in [5.74, 6) is 0.402. The number of hydrogen-bond acceptors (Lipinski definition) is 2. The summed E-state index contributed by atoms with van der Waals surface area (Å²) in [6.45, 7) is 6.28. The van der Waals surface area contributed by atoms with Crippen LogP contribution in [-0.4, -0.2) is 22.6 Å². The molecule has 1 aliphatic rings. The van der Waals surface area contributed by atoms with Crippen LogP contribution in [0.25, 0.3) is 0 Å². The molecule has 0 unspecified atom stereocenters. The van der Waals surface area contributed by atoms with Crippen molar-refractivity contribution in [3.63, 3.8) is 0 Å². The highest BCUT2D eigenvalue weighted by atomic mass is 16.1. The summed E-state index contributed by atoms with van der Waals surface area (Å²) < 4.78 is 1.95. The number of rotatable bonds is 2. The van der Waals surface area contributed by atoms with Gasteiger partial charge in [0.2, 0.25) is 0 Å². The Bertz CT molecular complexity index is 371. The fraction of sp³-hybridized carbons (Fsp3) is 0.727. The van der Waals surface area contributed by atoms with Gasteiger partial charge in [-0.1, -0.05) is 13.8 Å². The van der Waals surface area contributed by atoms with E-state index < -0.39 is 0 Å². The number of piperidine rings is 1. The van der Waals surface area contributed by atoms with Crippen molar-refractivity contribution in [3.8, 4) is 0 Å². The second-order valence-corrected chi connectivity index (χ2v) is 4.52. The zero-order valence-corrected chi connectivity index (χ0v) is 9.42. The monoisotopic (exact) mass is 209 g/mol. The van der Waals surface area contributed by atoms with Crippen molar-refractivity contribution < 1.29 is 0 Å². The Hall–Kier alpha value is -1.03. The van der Waals surface area contributed by atoms with Crippen LogP contribution in [0.15, 0.2) is 11.0 Å². The summed E-state index contributed by atoms with van der Waals surface area (Å²) in [5, 5.41) is 3.32. The predicted molar refractivity (Wildman–Crippen MR) is 60.3 cm³/mol. The maximum Gasteiger partial charge on any atom is 0.325 e. The first-order valence-electron chi connectivity index (χ1n) is 5.70. The molecule has 0 aromatic carbocycles. The summed E-state index contributed by atoms with van der Waals surface area (Å²) in [6, 6.07) is 0.377. The Kier molecular flexibility index (Phi) is 2.95. The van der Waals surface area contributed by atoms with Crippen LogP contribution in [0.5, 0.6) is 0 Å². The molecule has 2 heterocycles. The van der Waals surface area contributed by atoms with Gasteiger partial charge in [0, 0.05) is 17.9 Å². The van der Waals surface area contributed by atoms with Gasteiger partial charge in [0.05, 0.1) is 0 Å². The second-order valence-electron chi connectivity index (χ2n) is 4.52. The lowest BCUT2D eigenvalue weighted by Gasteiger charge is -2.25. The molecular weight excluding hydrogens is 190 g/mol. The molecule has 0 spiro atoms. The van der Waals surface area contributed by atoms with Crippen LogP contribution in [-0.2, 0) is 0 Å². The molecule has 4 nitrogen and oxygen atoms in total. The van der Waals surface area contributed by atoms with Crippen molar-refractivity contribution in [1.82, 2.24) is 14.9 Å². The van der Waals surface area contributed by atoms with E-state index in [-0.39, 0.29) is 5.69 Å². The predicted octanol–water partition coefficient (Wildman–Crippen LogP) is 1.22. The first-order chi connectivity index (χ1) is 7.20.